The summed E-state index contributed by atoms with van der Waals surface area (Å²) in [5, 5.41) is 0. The van der Waals surface area contributed by atoms with Crippen molar-refractivity contribution in [1.82, 2.24) is 9.55 Å². The number of halogens is 1. The number of fused-ring (bicyclic) bond motifs is 1. The van der Waals surface area contributed by atoms with E-state index in [4.69, 9.17) is 11.6 Å². The van der Waals surface area contributed by atoms with E-state index in [1.165, 1.54) is 23.9 Å². The first-order valence-corrected chi connectivity index (χ1v) is 7.25. The summed E-state index contributed by atoms with van der Waals surface area (Å²) in [5.74, 6) is 3.14. The van der Waals surface area contributed by atoms with Gasteiger partial charge in [-0.25, -0.2) is 4.98 Å². The summed E-state index contributed by atoms with van der Waals surface area (Å²) in [6.45, 7) is 5.55. The lowest BCUT2D eigenvalue weighted by Crippen LogP contribution is -2.12. The number of alkyl halides is 1. The molecule has 2 nitrogen and oxygen atoms in total. The van der Waals surface area contributed by atoms with E-state index in [9.17, 15) is 0 Å². The highest BCUT2D eigenvalue weighted by Crippen LogP contribution is 2.38. The minimum atomic E-state index is 0.492. The molecule has 0 amide bonds. The fourth-order valence-electron chi connectivity index (χ4n) is 2.81. The molecule has 2 aromatic rings. The van der Waals surface area contributed by atoms with Gasteiger partial charge in [-0.05, 0) is 43.2 Å². The molecule has 1 unspecified atom stereocenters. The molecule has 96 valence electrons. The molecule has 3 heteroatoms. The van der Waals surface area contributed by atoms with Crippen LogP contribution in [0.25, 0.3) is 11.0 Å². The van der Waals surface area contributed by atoms with E-state index < -0.39 is 0 Å². The van der Waals surface area contributed by atoms with Gasteiger partial charge in [-0.2, -0.15) is 0 Å². The molecule has 0 bridgehead atoms. The molecule has 1 atom stereocenters. The maximum absolute atomic E-state index is 6.05. The molecule has 1 saturated carbocycles. The van der Waals surface area contributed by atoms with E-state index in [1.54, 1.807) is 0 Å². The number of para-hydroxylation sites is 1. The van der Waals surface area contributed by atoms with Gasteiger partial charge in [0.1, 0.15) is 5.82 Å². The van der Waals surface area contributed by atoms with Gasteiger partial charge in [-0.1, -0.05) is 19.1 Å². The van der Waals surface area contributed by atoms with Crippen LogP contribution in [0.15, 0.2) is 18.2 Å². The smallest absolute Gasteiger partial charge is 0.124 e. The van der Waals surface area contributed by atoms with Gasteiger partial charge in [0.15, 0.2) is 0 Å². The van der Waals surface area contributed by atoms with Crippen molar-refractivity contribution in [2.45, 2.75) is 39.1 Å². The largest absolute Gasteiger partial charge is 0.326 e. The fraction of sp³-hybridized carbons (Fsp3) is 0.533. The third kappa shape index (κ3) is 2.03. The third-order valence-corrected chi connectivity index (χ3v) is 4.30. The molecule has 1 aliphatic carbocycles. The van der Waals surface area contributed by atoms with Gasteiger partial charge in [-0.3, -0.25) is 0 Å². The first kappa shape index (κ1) is 12.0. The lowest BCUT2D eigenvalue weighted by atomic mass is 10.1. The summed E-state index contributed by atoms with van der Waals surface area (Å²) in [7, 11) is 0. The van der Waals surface area contributed by atoms with Crippen molar-refractivity contribution in [3.05, 3.63) is 29.6 Å². The van der Waals surface area contributed by atoms with Crippen molar-refractivity contribution in [2.24, 2.45) is 11.8 Å². The Kier molecular flexibility index (Phi) is 3.06. The zero-order valence-corrected chi connectivity index (χ0v) is 11.7. The average Bonchev–Trinajstić information content (AvgIpc) is 3.14. The summed E-state index contributed by atoms with van der Waals surface area (Å²) < 4.78 is 2.33. The molecule has 0 spiro atoms. The first-order valence-electron chi connectivity index (χ1n) is 6.71. The van der Waals surface area contributed by atoms with Gasteiger partial charge >= 0.3 is 0 Å². The second-order valence-electron chi connectivity index (χ2n) is 5.53. The van der Waals surface area contributed by atoms with Crippen LogP contribution in [-0.4, -0.2) is 9.55 Å². The highest BCUT2D eigenvalue weighted by Gasteiger charge is 2.29. The molecule has 0 radical (unpaired) electrons. The Hall–Kier alpha value is -1.02. The zero-order valence-electron chi connectivity index (χ0n) is 11.0. The molecule has 1 heterocycles. The molecular formula is C15H19ClN2. The van der Waals surface area contributed by atoms with Crippen LogP contribution in [0.1, 0.15) is 31.2 Å². The summed E-state index contributed by atoms with van der Waals surface area (Å²) in [6.07, 6.45) is 2.78. The maximum atomic E-state index is 6.05. The van der Waals surface area contributed by atoms with Gasteiger partial charge in [0, 0.05) is 6.54 Å². The van der Waals surface area contributed by atoms with Crippen LogP contribution < -0.4 is 0 Å². The van der Waals surface area contributed by atoms with E-state index >= 15 is 0 Å². The Balaban J connectivity index is 2.06. The highest BCUT2D eigenvalue weighted by molar-refractivity contribution is 6.16. The van der Waals surface area contributed by atoms with E-state index in [0.717, 1.165) is 29.7 Å². The van der Waals surface area contributed by atoms with Gasteiger partial charge in [0.05, 0.1) is 16.9 Å². The van der Waals surface area contributed by atoms with Crippen molar-refractivity contribution >= 4 is 22.6 Å². The molecule has 1 aliphatic rings. The minimum absolute atomic E-state index is 0.492. The molecule has 1 aromatic carbocycles. The number of imidazole rings is 1. The SMILES string of the molecule is Cc1cccc2nc(CCl)n(CC(C)C3CC3)c12. The Morgan fingerprint density at radius 2 is 2.22 bits per heavy atom. The van der Waals surface area contributed by atoms with E-state index in [1.807, 2.05) is 0 Å². The van der Waals surface area contributed by atoms with Crippen LogP contribution in [0, 0.1) is 18.8 Å². The highest BCUT2D eigenvalue weighted by atomic mass is 35.5. The lowest BCUT2D eigenvalue weighted by molar-refractivity contribution is 0.430. The number of aryl methyl sites for hydroxylation is 1. The van der Waals surface area contributed by atoms with Crippen molar-refractivity contribution in [1.29, 1.82) is 0 Å². The predicted molar refractivity (Wildman–Crippen MR) is 75.9 cm³/mol. The normalized spacial score (nSPS) is 17.3. The van der Waals surface area contributed by atoms with Crippen LogP contribution in [0.3, 0.4) is 0 Å². The predicted octanol–water partition coefficient (Wildman–Crippen LogP) is 4.13. The Labute approximate surface area is 113 Å². The van der Waals surface area contributed by atoms with Crippen molar-refractivity contribution < 1.29 is 0 Å². The number of nitrogens with zero attached hydrogens (tertiary/aromatic N) is 2. The van der Waals surface area contributed by atoms with E-state index in [0.29, 0.717) is 5.88 Å². The molecule has 1 aromatic heterocycles. The second kappa shape index (κ2) is 4.58. The Morgan fingerprint density at radius 3 is 2.89 bits per heavy atom. The molecule has 0 N–H and O–H groups in total. The number of rotatable bonds is 4. The van der Waals surface area contributed by atoms with Crippen LogP contribution in [0.5, 0.6) is 0 Å². The zero-order chi connectivity index (χ0) is 12.7. The van der Waals surface area contributed by atoms with Crippen LogP contribution in [0.2, 0.25) is 0 Å². The molecule has 3 rings (SSSR count). The monoisotopic (exact) mass is 262 g/mol. The average molecular weight is 263 g/mol. The van der Waals surface area contributed by atoms with Crippen molar-refractivity contribution in [3.63, 3.8) is 0 Å². The van der Waals surface area contributed by atoms with Gasteiger partial charge in [0.2, 0.25) is 0 Å². The number of hydrogen-bond donors (Lipinski definition) is 0. The van der Waals surface area contributed by atoms with E-state index in [-0.39, 0.29) is 0 Å². The quantitative estimate of drug-likeness (QED) is 0.758. The lowest BCUT2D eigenvalue weighted by Gasteiger charge is -2.14. The molecular weight excluding hydrogens is 244 g/mol. The molecule has 0 aliphatic heterocycles. The van der Waals surface area contributed by atoms with Crippen molar-refractivity contribution in [3.8, 4) is 0 Å². The summed E-state index contributed by atoms with van der Waals surface area (Å²) in [5.41, 5.74) is 3.63. The van der Waals surface area contributed by atoms with Gasteiger partial charge in [-0.15, -0.1) is 11.6 Å². The molecule has 1 fully saturated rings. The summed E-state index contributed by atoms with van der Waals surface area (Å²) >= 11 is 6.05. The summed E-state index contributed by atoms with van der Waals surface area (Å²) in [4.78, 5) is 4.66. The minimum Gasteiger partial charge on any atom is -0.326 e. The number of hydrogen-bond acceptors (Lipinski definition) is 1. The maximum Gasteiger partial charge on any atom is 0.124 e. The molecule has 18 heavy (non-hydrogen) atoms. The van der Waals surface area contributed by atoms with Crippen LogP contribution in [-0.2, 0) is 12.4 Å². The van der Waals surface area contributed by atoms with Gasteiger partial charge < -0.3 is 4.57 Å². The topological polar surface area (TPSA) is 17.8 Å². The summed E-state index contributed by atoms with van der Waals surface area (Å²) in [6, 6.07) is 6.30. The second-order valence-corrected chi connectivity index (χ2v) is 5.80. The first-order chi connectivity index (χ1) is 8.70. The Morgan fingerprint density at radius 1 is 1.44 bits per heavy atom. The van der Waals surface area contributed by atoms with E-state index in [2.05, 4.69) is 41.6 Å². The van der Waals surface area contributed by atoms with Crippen LogP contribution >= 0.6 is 11.6 Å². The molecule has 0 saturated heterocycles. The van der Waals surface area contributed by atoms with Crippen molar-refractivity contribution in [2.75, 3.05) is 0 Å². The fourth-order valence-corrected chi connectivity index (χ4v) is 3.02. The van der Waals surface area contributed by atoms with Crippen LogP contribution in [0.4, 0.5) is 0 Å². The standard InChI is InChI=1S/C15H19ClN2/c1-10-4-3-5-13-15(10)18(14(8-16)17-13)9-11(2)12-6-7-12/h3-5,11-12H,6-9H2,1-2H3. The number of benzene rings is 1. The number of aromatic nitrogens is 2. The third-order valence-electron chi connectivity index (χ3n) is 4.06. The Bertz CT molecular complexity index is 569. The van der Waals surface area contributed by atoms with Gasteiger partial charge in [0.25, 0.3) is 0 Å².